The maximum absolute atomic E-state index is 14.2. The number of anilines is 1. The lowest BCUT2D eigenvalue weighted by Gasteiger charge is -2.39. The van der Waals surface area contributed by atoms with Gasteiger partial charge in [0.05, 0.1) is 48.8 Å². The molecule has 0 radical (unpaired) electrons. The number of para-hydroxylation sites is 1. The first-order valence-corrected chi connectivity index (χ1v) is 13.8. The summed E-state index contributed by atoms with van der Waals surface area (Å²) in [4.78, 5) is 44.9. The summed E-state index contributed by atoms with van der Waals surface area (Å²) in [5.74, 6) is -3.29. The first kappa shape index (κ1) is 29.1. The highest BCUT2D eigenvalue weighted by atomic mass is 32.2. The van der Waals surface area contributed by atoms with Crippen LogP contribution in [-0.4, -0.2) is 76.9 Å². The molecule has 3 atom stereocenters. The lowest BCUT2D eigenvalue weighted by Crippen LogP contribution is -2.55. The van der Waals surface area contributed by atoms with Gasteiger partial charge in [0.15, 0.2) is 5.70 Å². The monoisotopic (exact) mass is 607 g/mol. The first-order chi connectivity index (χ1) is 19.7. The number of ether oxygens (including phenoxy) is 3. The van der Waals surface area contributed by atoms with Crippen LogP contribution in [0.1, 0.15) is 17.5 Å². The van der Waals surface area contributed by atoms with Crippen LogP contribution in [0.2, 0.25) is 0 Å². The average molecular weight is 608 g/mol. The molecule has 1 spiro atoms. The van der Waals surface area contributed by atoms with Crippen LogP contribution < -0.4 is 4.90 Å². The second kappa shape index (κ2) is 9.86. The Bertz CT molecular complexity index is 1670. The molecule has 0 amide bonds. The summed E-state index contributed by atoms with van der Waals surface area (Å²) in [5.41, 5.74) is -2.30. The number of halogens is 3. The Balaban J connectivity index is 1.84. The molecule has 15 heteroatoms. The molecular weight excluding hydrogens is 583 g/mol. The third kappa shape index (κ3) is 3.97. The van der Waals surface area contributed by atoms with E-state index in [1.165, 1.54) is 0 Å². The van der Waals surface area contributed by atoms with Gasteiger partial charge in [0.2, 0.25) is 0 Å². The topological polar surface area (TPSA) is 132 Å². The molecule has 3 aliphatic heterocycles. The highest BCUT2D eigenvalue weighted by Crippen LogP contribution is 2.58. The number of aliphatic imine (C=N–C) groups is 1. The van der Waals surface area contributed by atoms with Crippen LogP contribution in [0.4, 0.5) is 18.9 Å². The average Bonchev–Trinajstić information content (AvgIpc) is 3.46. The largest absolute Gasteiger partial charge is 0.467 e. The van der Waals surface area contributed by atoms with E-state index in [9.17, 15) is 36.0 Å². The van der Waals surface area contributed by atoms with Crippen LogP contribution in [-0.2, 0) is 50.2 Å². The number of esters is 3. The molecule has 2 aromatic rings. The fourth-order valence-electron chi connectivity index (χ4n) is 6.04. The number of hydrogen-bond acceptors (Lipinski definition) is 10. The van der Waals surface area contributed by atoms with Crippen molar-refractivity contribution in [1.82, 2.24) is 4.31 Å². The van der Waals surface area contributed by atoms with E-state index in [0.717, 1.165) is 33.5 Å². The molecule has 11 nitrogen and oxygen atoms in total. The molecule has 5 rings (SSSR count). The number of benzene rings is 2. The minimum atomic E-state index is -4.81. The van der Waals surface area contributed by atoms with Crippen molar-refractivity contribution in [3.63, 3.8) is 0 Å². The minimum absolute atomic E-state index is 0.218. The summed E-state index contributed by atoms with van der Waals surface area (Å²) < 4.78 is 83.6. The Labute approximate surface area is 238 Å². The van der Waals surface area contributed by atoms with Gasteiger partial charge in [0.1, 0.15) is 11.9 Å². The van der Waals surface area contributed by atoms with E-state index in [4.69, 9.17) is 14.2 Å². The minimum Gasteiger partial charge on any atom is -0.467 e. The van der Waals surface area contributed by atoms with Gasteiger partial charge < -0.3 is 19.1 Å². The summed E-state index contributed by atoms with van der Waals surface area (Å²) in [6.07, 6.45) is -5.00. The highest BCUT2D eigenvalue weighted by Gasteiger charge is 2.68. The van der Waals surface area contributed by atoms with Crippen molar-refractivity contribution in [2.45, 2.75) is 35.0 Å². The predicted molar refractivity (Wildman–Crippen MR) is 140 cm³/mol. The molecule has 222 valence electrons. The van der Waals surface area contributed by atoms with E-state index in [-0.39, 0.29) is 17.8 Å². The van der Waals surface area contributed by atoms with Gasteiger partial charge in [-0.3, -0.25) is 0 Å². The molecule has 3 heterocycles. The number of alkyl halides is 3. The smallest absolute Gasteiger partial charge is 0.416 e. The first-order valence-electron chi connectivity index (χ1n) is 12.4. The normalized spacial score (nSPS) is 23.1. The van der Waals surface area contributed by atoms with E-state index >= 15 is 0 Å². The quantitative estimate of drug-likeness (QED) is 0.371. The Kier molecular flexibility index (Phi) is 6.83. The standard InChI is InChI=1S/C27H24F3N3O8S/c1-32-17-8-6-5-7-16(17)26-13-18(22(34)39-2)33(42(37,38)15-11-9-14(10-12-15)27(28,29)30)25(26)31-20(24(36)41-4)19(21(26)32)23(35)40-3/h5-12,18,21H,13H2,1-4H3/t18-,21-,26-/m0/s1. The van der Waals surface area contributed by atoms with Gasteiger partial charge >= 0.3 is 24.1 Å². The van der Waals surface area contributed by atoms with Crippen LogP contribution in [0.3, 0.4) is 0 Å². The van der Waals surface area contributed by atoms with E-state index in [1.54, 1.807) is 36.2 Å². The Morgan fingerprint density at radius 1 is 0.952 bits per heavy atom. The molecule has 0 unspecified atom stereocenters. The van der Waals surface area contributed by atoms with Crippen molar-refractivity contribution in [1.29, 1.82) is 0 Å². The van der Waals surface area contributed by atoms with E-state index in [2.05, 4.69) is 4.99 Å². The van der Waals surface area contributed by atoms with Crippen molar-refractivity contribution in [3.8, 4) is 0 Å². The van der Waals surface area contributed by atoms with Gasteiger partial charge in [0.25, 0.3) is 10.0 Å². The SMILES string of the molecule is COC(=O)C1=C(C(=O)OC)[C@@H]2N(C)c3ccccc3[C@@]23C[C@@H](C(=O)OC)N(S(=O)(=O)c2ccc(C(F)(F)F)cc2)C3=N1. The number of methoxy groups -OCH3 is 3. The van der Waals surface area contributed by atoms with Gasteiger partial charge in [-0.25, -0.2) is 32.1 Å². The van der Waals surface area contributed by atoms with Crippen LogP contribution >= 0.6 is 0 Å². The summed E-state index contributed by atoms with van der Waals surface area (Å²) in [6, 6.07) is 6.87. The van der Waals surface area contributed by atoms with Crippen molar-refractivity contribution in [2.24, 2.45) is 4.99 Å². The lowest BCUT2D eigenvalue weighted by atomic mass is 9.69. The van der Waals surface area contributed by atoms with Crippen LogP contribution in [0.15, 0.2) is 69.7 Å². The zero-order valence-corrected chi connectivity index (χ0v) is 23.4. The van der Waals surface area contributed by atoms with E-state index < -0.39 is 67.8 Å². The molecule has 3 aliphatic rings. The summed E-state index contributed by atoms with van der Waals surface area (Å²) in [5, 5.41) is 0. The number of fused-ring (bicyclic) bond motifs is 1. The molecule has 42 heavy (non-hydrogen) atoms. The number of carbonyl (C=O) groups excluding carboxylic acids is 3. The molecule has 0 N–H and O–H groups in total. The van der Waals surface area contributed by atoms with Gasteiger partial charge in [-0.1, -0.05) is 18.2 Å². The number of rotatable bonds is 5. The third-order valence-electron chi connectivity index (χ3n) is 7.77. The molecular formula is C27H24F3N3O8S. The molecule has 0 aliphatic carbocycles. The maximum atomic E-state index is 14.2. The van der Waals surface area contributed by atoms with Crippen LogP contribution in [0, 0.1) is 0 Å². The summed E-state index contributed by atoms with van der Waals surface area (Å²) in [6.45, 7) is 0. The maximum Gasteiger partial charge on any atom is 0.416 e. The predicted octanol–water partition coefficient (Wildman–Crippen LogP) is 2.41. The second-order valence-electron chi connectivity index (χ2n) is 9.75. The fraction of sp³-hybridized carbons (Fsp3) is 0.333. The summed E-state index contributed by atoms with van der Waals surface area (Å²) >= 11 is 0. The molecule has 0 aromatic heterocycles. The van der Waals surface area contributed by atoms with Crippen molar-refractivity contribution < 1.29 is 50.2 Å². The van der Waals surface area contributed by atoms with Gasteiger partial charge in [-0.2, -0.15) is 13.2 Å². The van der Waals surface area contributed by atoms with Gasteiger partial charge in [-0.15, -0.1) is 0 Å². The molecule has 2 aromatic carbocycles. The summed E-state index contributed by atoms with van der Waals surface area (Å²) in [7, 11) is 0.00935. The Morgan fingerprint density at radius 3 is 2.14 bits per heavy atom. The van der Waals surface area contributed by atoms with E-state index in [1.807, 2.05) is 0 Å². The molecule has 0 bridgehead atoms. The third-order valence-corrected chi connectivity index (χ3v) is 9.58. The molecule has 1 fully saturated rings. The number of nitrogens with zero attached hydrogens (tertiary/aromatic N) is 3. The van der Waals surface area contributed by atoms with Gasteiger partial charge in [-0.05, 0) is 42.3 Å². The van der Waals surface area contributed by atoms with Crippen molar-refractivity contribution >= 4 is 39.5 Å². The van der Waals surface area contributed by atoms with Crippen LogP contribution in [0.25, 0.3) is 0 Å². The number of hydrogen-bond donors (Lipinski definition) is 0. The second-order valence-corrected chi connectivity index (χ2v) is 11.6. The number of carbonyl (C=O) groups is 3. The molecule has 1 saturated heterocycles. The van der Waals surface area contributed by atoms with Gasteiger partial charge in [0, 0.05) is 12.7 Å². The van der Waals surface area contributed by atoms with Crippen molar-refractivity contribution in [2.75, 3.05) is 33.3 Å². The Hall–Kier alpha value is -4.40. The molecule has 0 saturated carbocycles. The van der Waals surface area contributed by atoms with Crippen LogP contribution in [0.5, 0.6) is 0 Å². The highest BCUT2D eigenvalue weighted by molar-refractivity contribution is 7.89. The Morgan fingerprint density at radius 2 is 1.57 bits per heavy atom. The van der Waals surface area contributed by atoms with E-state index in [0.29, 0.717) is 27.7 Å². The number of likely N-dealkylation sites (N-methyl/N-ethyl adjacent to an activating group) is 1. The van der Waals surface area contributed by atoms with Crippen molar-refractivity contribution in [3.05, 3.63) is 70.9 Å². The number of sulfonamides is 1. The fourth-order valence-corrected chi connectivity index (χ4v) is 7.68. The number of amidine groups is 1. The lowest BCUT2D eigenvalue weighted by molar-refractivity contribution is -0.144. The zero-order chi connectivity index (χ0) is 30.8. The zero-order valence-electron chi connectivity index (χ0n) is 22.6.